The van der Waals surface area contributed by atoms with E-state index in [4.69, 9.17) is 22.6 Å². The van der Waals surface area contributed by atoms with Gasteiger partial charge in [-0.15, -0.1) is 0 Å². The largest absolute Gasteiger partial charge is 0.460 e. The van der Waals surface area contributed by atoms with Crippen molar-refractivity contribution >= 4 is 36.0 Å². The van der Waals surface area contributed by atoms with E-state index in [1.165, 1.54) is 0 Å². The SMILES string of the molecule is C=C(OSc1ccc(Oc2ccc(SOC(=C)C(=O)OCC)cc2)cc1)C(=O)OCC. The Bertz CT molecular complexity index is 833. The van der Waals surface area contributed by atoms with Gasteiger partial charge in [0.15, 0.2) is 0 Å². The lowest BCUT2D eigenvalue weighted by molar-refractivity contribution is -0.141. The van der Waals surface area contributed by atoms with Gasteiger partial charge in [0.25, 0.3) is 0 Å². The molecule has 0 spiro atoms. The molecule has 0 aliphatic carbocycles. The van der Waals surface area contributed by atoms with Crippen molar-refractivity contribution in [2.45, 2.75) is 23.6 Å². The fraction of sp³-hybridized carbons (Fsp3) is 0.182. The highest BCUT2D eigenvalue weighted by molar-refractivity contribution is 7.95. The van der Waals surface area contributed by atoms with Crippen LogP contribution in [0.5, 0.6) is 11.5 Å². The summed E-state index contributed by atoms with van der Waals surface area (Å²) in [5, 5.41) is 0. The molecule has 9 heteroatoms. The highest BCUT2D eigenvalue weighted by Crippen LogP contribution is 2.29. The van der Waals surface area contributed by atoms with E-state index in [1.807, 2.05) is 0 Å². The lowest BCUT2D eigenvalue weighted by Crippen LogP contribution is -2.07. The topological polar surface area (TPSA) is 80.3 Å². The van der Waals surface area contributed by atoms with Crippen LogP contribution in [0.15, 0.2) is 83.0 Å². The quantitative estimate of drug-likeness (QED) is 0.171. The predicted molar refractivity (Wildman–Crippen MR) is 118 cm³/mol. The van der Waals surface area contributed by atoms with Crippen molar-refractivity contribution in [3.05, 3.63) is 73.2 Å². The molecule has 0 aromatic heterocycles. The summed E-state index contributed by atoms with van der Waals surface area (Å²) in [6, 6.07) is 14.2. The van der Waals surface area contributed by atoms with Crippen molar-refractivity contribution in [3.63, 3.8) is 0 Å². The van der Waals surface area contributed by atoms with Gasteiger partial charge in [-0.3, -0.25) is 0 Å². The molecule has 2 aromatic rings. The lowest BCUT2D eigenvalue weighted by Gasteiger charge is -2.09. The molecular weight excluding hydrogens is 440 g/mol. The molecular formula is C22H22O7S2. The third kappa shape index (κ3) is 8.31. The summed E-state index contributed by atoms with van der Waals surface area (Å²) >= 11 is 2.00. The molecule has 164 valence electrons. The Morgan fingerprint density at radius 1 is 0.710 bits per heavy atom. The highest BCUT2D eigenvalue weighted by atomic mass is 32.2. The van der Waals surface area contributed by atoms with Gasteiger partial charge in [-0.05, 0) is 75.5 Å². The smallest absolute Gasteiger partial charge is 0.374 e. The molecule has 0 atom stereocenters. The van der Waals surface area contributed by atoms with E-state index >= 15 is 0 Å². The summed E-state index contributed by atoms with van der Waals surface area (Å²) in [4.78, 5) is 24.5. The van der Waals surface area contributed by atoms with Crippen LogP contribution in [0.2, 0.25) is 0 Å². The van der Waals surface area contributed by atoms with E-state index in [9.17, 15) is 9.59 Å². The van der Waals surface area contributed by atoms with Gasteiger partial charge in [-0.1, -0.05) is 0 Å². The molecule has 0 saturated heterocycles. The van der Waals surface area contributed by atoms with Crippen LogP contribution >= 0.6 is 24.1 Å². The fourth-order valence-corrected chi connectivity index (χ4v) is 2.97. The molecule has 0 bridgehead atoms. The minimum Gasteiger partial charge on any atom is -0.460 e. The molecule has 0 fully saturated rings. The first kappa shape index (κ1) is 24.2. The first-order chi connectivity index (χ1) is 14.9. The molecule has 0 aliphatic heterocycles. The molecule has 31 heavy (non-hydrogen) atoms. The van der Waals surface area contributed by atoms with Gasteiger partial charge in [0, 0.05) is 9.79 Å². The van der Waals surface area contributed by atoms with Crippen molar-refractivity contribution in [2.75, 3.05) is 13.2 Å². The summed E-state index contributed by atoms with van der Waals surface area (Å²) in [7, 11) is 0. The zero-order chi connectivity index (χ0) is 22.6. The van der Waals surface area contributed by atoms with Crippen LogP contribution in [-0.2, 0) is 27.4 Å². The maximum Gasteiger partial charge on any atom is 0.374 e. The molecule has 0 saturated carbocycles. The predicted octanol–water partition coefficient (Wildman–Crippen LogP) is 5.68. The molecule has 0 N–H and O–H groups in total. The van der Waals surface area contributed by atoms with Gasteiger partial charge in [-0.25, -0.2) is 9.59 Å². The van der Waals surface area contributed by atoms with Crippen molar-refractivity contribution < 1.29 is 32.2 Å². The first-order valence-electron chi connectivity index (χ1n) is 9.22. The molecule has 0 unspecified atom stereocenters. The Balaban J connectivity index is 1.82. The van der Waals surface area contributed by atoms with E-state index in [-0.39, 0.29) is 24.7 Å². The van der Waals surface area contributed by atoms with Gasteiger partial charge < -0.3 is 22.6 Å². The van der Waals surface area contributed by atoms with E-state index in [1.54, 1.807) is 62.4 Å². The van der Waals surface area contributed by atoms with E-state index in [0.29, 0.717) is 11.5 Å². The number of hydrogen-bond acceptors (Lipinski definition) is 9. The van der Waals surface area contributed by atoms with Crippen LogP contribution in [0.3, 0.4) is 0 Å². The van der Waals surface area contributed by atoms with Gasteiger partial charge in [0.2, 0.25) is 11.5 Å². The van der Waals surface area contributed by atoms with Gasteiger partial charge in [0.1, 0.15) is 11.5 Å². The molecule has 0 aliphatic rings. The molecule has 0 radical (unpaired) electrons. The number of hydrogen-bond donors (Lipinski definition) is 0. The van der Waals surface area contributed by atoms with Crippen molar-refractivity contribution in [3.8, 4) is 11.5 Å². The standard InChI is InChI=1S/C22H22O7S2/c1-5-25-21(23)15(3)28-30-19-11-7-17(8-12-19)27-18-9-13-20(14-10-18)31-29-16(4)22(24)26-6-2/h7-14H,3-6H2,1-2H3. The Hall–Kier alpha value is -3.04. The van der Waals surface area contributed by atoms with Gasteiger partial charge >= 0.3 is 11.9 Å². The number of carbonyl (C=O) groups is 2. The molecule has 0 amide bonds. The Morgan fingerprint density at radius 2 is 1.06 bits per heavy atom. The minimum absolute atomic E-state index is 0.0695. The van der Waals surface area contributed by atoms with Crippen molar-refractivity contribution in [1.29, 1.82) is 0 Å². The number of ether oxygens (including phenoxy) is 3. The summed E-state index contributed by atoms with van der Waals surface area (Å²) in [5.74, 6) is -0.0685. The Labute approximate surface area is 189 Å². The van der Waals surface area contributed by atoms with E-state index in [2.05, 4.69) is 13.2 Å². The average molecular weight is 463 g/mol. The first-order valence-corrected chi connectivity index (χ1v) is 10.7. The van der Waals surface area contributed by atoms with E-state index < -0.39 is 11.9 Å². The van der Waals surface area contributed by atoms with Gasteiger partial charge in [0.05, 0.1) is 37.3 Å². The number of rotatable bonds is 12. The minimum atomic E-state index is -0.591. The van der Waals surface area contributed by atoms with Crippen LogP contribution < -0.4 is 4.74 Å². The van der Waals surface area contributed by atoms with Crippen LogP contribution in [0.4, 0.5) is 0 Å². The molecule has 2 rings (SSSR count). The van der Waals surface area contributed by atoms with Crippen LogP contribution in [-0.4, -0.2) is 25.2 Å². The second-order valence-electron chi connectivity index (χ2n) is 5.67. The Kier molecular flexibility index (Phi) is 9.86. The van der Waals surface area contributed by atoms with Crippen LogP contribution in [0.1, 0.15) is 13.8 Å². The summed E-state index contributed by atoms with van der Waals surface area (Å²) < 4.78 is 25.9. The van der Waals surface area contributed by atoms with Crippen molar-refractivity contribution in [1.82, 2.24) is 0 Å². The third-order valence-electron chi connectivity index (χ3n) is 3.37. The molecule has 0 heterocycles. The number of esters is 2. The number of carbonyl (C=O) groups excluding carboxylic acids is 2. The van der Waals surface area contributed by atoms with Crippen LogP contribution in [0.25, 0.3) is 0 Å². The normalized spacial score (nSPS) is 10.0. The number of benzene rings is 2. The molecule has 2 aromatic carbocycles. The zero-order valence-corrected chi connectivity index (χ0v) is 18.8. The second-order valence-corrected chi connectivity index (χ2v) is 7.27. The monoisotopic (exact) mass is 462 g/mol. The summed E-state index contributed by atoms with van der Waals surface area (Å²) in [5.41, 5.74) is 0. The highest BCUT2D eigenvalue weighted by Gasteiger charge is 2.11. The van der Waals surface area contributed by atoms with E-state index in [0.717, 1.165) is 33.9 Å². The second kappa shape index (κ2) is 12.6. The lowest BCUT2D eigenvalue weighted by atomic mass is 10.3. The molecule has 7 nitrogen and oxygen atoms in total. The fourth-order valence-electron chi connectivity index (χ4n) is 1.95. The zero-order valence-electron chi connectivity index (χ0n) is 17.1. The summed E-state index contributed by atoms with van der Waals surface area (Å²) in [6.07, 6.45) is 0. The maximum absolute atomic E-state index is 11.5. The van der Waals surface area contributed by atoms with Gasteiger partial charge in [-0.2, -0.15) is 0 Å². The third-order valence-corrected chi connectivity index (χ3v) is 4.86. The Morgan fingerprint density at radius 3 is 1.39 bits per heavy atom. The maximum atomic E-state index is 11.5. The summed E-state index contributed by atoms with van der Waals surface area (Å²) in [6.45, 7) is 11.0. The van der Waals surface area contributed by atoms with Crippen LogP contribution in [0, 0.1) is 0 Å². The average Bonchev–Trinajstić information content (AvgIpc) is 2.78. The van der Waals surface area contributed by atoms with Crippen molar-refractivity contribution in [2.24, 2.45) is 0 Å².